The second-order valence-corrected chi connectivity index (χ2v) is 13.7. The van der Waals surface area contributed by atoms with Gasteiger partial charge in [-0.1, -0.05) is 135 Å². The first-order chi connectivity index (χ1) is 21.1. The Balaban J connectivity index is 1.50. The quantitative estimate of drug-likeness (QED) is 0.141. The van der Waals surface area contributed by atoms with Gasteiger partial charge in [0, 0.05) is 8.95 Å². The Morgan fingerprint density at radius 1 is 0.372 bits per heavy atom. The van der Waals surface area contributed by atoms with Gasteiger partial charge in [-0.05, 0) is 118 Å². The zero-order valence-electron chi connectivity index (χ0n) is 23.0. The molecule has 0 atom stereocenters. The smallest absolute Gasteiger partial charge is 0.0619 e. The van der Waals surface area contributed by atoms with Crippen LogP contribution >= 0.6 is 31.9 Å². The summed E-state index contributed by atoms with van der Waals surface area (Å²) < 4.78 is 2.18. The summed E-state index contributed by atoms with van der Waals surface area (Å²) in [5, 5.41) is 7.94. The van der Waals surface area contributed by atoms with Gasteiger partial charge in [0.2, 0.25) is 0 Å². The fourth-order valence-electron chi connectivity index (χ4n) is 8.37. The highest BCUT2D eigenvalue weighted by molar-refractivity contribution is 9.10. The van der Waals surface area contributed by atoms with Crippen molar-refractivity contribution in [3.63, 3.8) is 0 Å². The van der Waals surface area contributed by atoms with Crippen LogP contribution in [-0.4, -0.2) is 0 Å². The summed E-state index contributed by atoms with van der Waals surface area (Å²) in [5.74, 6) is 0. The topological polar surface area (TPSA) is 0 Å². The largest absolute Gasteiger partial charge is 0.0726 e. The summed E-state index contributed by atoms with van der Waals surface area (Å²) in [7, 11) is 0. The zero-order chi connectivity index (χ0) is 28.4. The molecule has 43 heavy (non-hydrogen) atoms. The van der Waals surface area contributed by atoms with Gasteiger partial charge in [-0.15, -0.1) is 0 Å². The van der Waals surface area contributed by atoms with E-state index in [2.05, 4.69) is 165 Å². The molecule has 1 spiro atoms. The first-order valence-electron chi connectivity index (χ1n) is 14.7. The van der Waals surface area contributed by atoms with Gasteiger partial charge in [0.25, 0.3) is 0 Å². The van der Waals surface area contributed by atoms with E-state index in [1.54, 1.807) is 0 Å². The number of halogens is 2. The molecule has 0 saturated heterocycles. The van der Waals surface area contributed by atoms with Gasteiger partial charge >= 0.3 is 0 Å². The molecule has 10 rings (SSSR count). The van der Waals surface area contributed by atoms with Crippen LogP contribution in [0.25, 0.3) is 65.7 Å². The van der Waals surface area contributed by atoms with E-state index in [1.807, 2.05) is 0 Å². The molecule has 200 valence electrons. The average Bonchev–Trinajstić information content (AvgIpc) is 3.29. The van der Waals surface area contributed by atoms with Crippen molar-refractivity contribution in [1.29, 1.82) is 0 Å². The molecule has 0 radical (unpaired) electrons. The normalized spacial score (nSPS) is 14.0. The second-order valence-electron chi connectivity index (χ2n) is 11.9. The average molecular weight is 674 g/mol. The Morgan fingerprint density at radius 3 is 1.63 bits per heavy atom. The number of fused-ring (bicyclic) bond motifs is 13. The standard InChI is InChI=1S/C41H22Br2/c42-26-15-18-30-28-8-1-2-9-29(28)31-19-16-27(43)22-36(31)41(35(30)21-26)34-11-4-3-10-32(34)40-33-17-14-24-7-5-6-23-12-13-25(20-37(40)41)39(33)38(23)24/h1-22H. The molecule has 0 saturated carbocycles. The van der Waals surface area contributed by atoms with Gasteiger partial charge in [-0.2, -0.15) is 0 Å². The molecule has 0 fully saturated rings. The molecule has 0 nitrogen and oxygen atoms in total. The third-order valence-electron chi connectivity index (χ3n) is 9.93. The second kappa shape index (κ2) is 8.44. The van der Waals surface area contributed by atoms with Gasteiger partial charge in [-0.3, -0.25) is 0 Å². The summed E-state index contributed by atoms with van der Waals surface area (Å²) >= 11 is 7.81. The fourth-order valence-corrected chi connectivity index (χ4v) is 9.09. The lowest BCUT2D eigenvalue weighted by atomic mass is 9.65. The van der Waals surface area contributed by atoms with Gasteiger partial charge < -0.3 is 0 Å². The summed E-state index contributed by atoms with van der Waals surface area (Å²) in [6.07, 6.45) is 0. The van der Waals surface area contributed by atoms with E-state index in [9.17, 15) is 0 Å². The van der Waals surface area contributed by atoms with Crippen molar-refractivity contribution in [1.82, 2.24) is 0 Å². The first-order valence-corrected chi connectivity index (χ1v) is 16.2. The molecule has 0 unspecified atom stereocenters. The Labute approximate surface area is 266 Å². The molecule has 0 heterocycles. The minimum atomic E-state index is -0.520. The molecule has 0 N–H and O–H groups in total. The number of rotatable bonds is 0. The first kappa shape index (κ1) is 24.2. The van der Waals surface area contributed by atoms with Crippen LogP contribution in [0.4, 0.5) is 0 Å². The van der Waals surface area contributed by atoms with Crippen LogP contribution in [0.2, 0.25) is 0 Å². The van der Waals surface area contributed by atoms with Crippen molar-refractivity contribution in [2.24, 2.45) is 0 Å². The Kier molecular flexibility index (Phi) is 4.75. The van der Waals surface area contributed by atoms with Crippen LogP contribution in [-0.2, 0) is 5.41 Å². The van der Waals surface area contributed by atoms with Crippen molar-refractivity contribution in [3.05, 3.63) is 165 Å². The van der Waals surface area contributed by atoms with Crippen molar-refractivity contribution in [2.75, 3.05) is 0 Å². The highest BCUT2D eigenvalue weighted by atomic mass is 79.9. The lowest BCUT2D eigenvalue weighted by Gasteiger charge is -2.36. The maximum Gasteiger partial charge on any atom is 0.0726 e. The number of hydrogen-bond acceptors (Lipinski definition) is 0. The summed E-state index contributed by atoms with van der Waals surface area (Å²) in [5.41, 5.74) is 12.6. The molecule has 0 aliphatic heterocycles. The van der Waals surface area contributed by atoms with Crippen molar-refractivity contribution in [3.8, 4) is 33.4 Å². The lowest BCUT2D eigenvalue weighted by Crippen LogP contribution is -2.29. The van der Waals surface area contributed by atoms with Gasteiger partial charge in [0.1, 0.15) is 0 Å². The number of benzene rings is 8. The molecule has 8 aromatic rings. The van der Waals surface area contributed by atoms with E-state index >= 15 is 0 Å². The highest BCUT2D eigenvalue weighted by Gasteiger charge is 2.50. The molecule has 2 heteroatoms. The third kappa shape index (κ3) is 2.96. The van der Waals surface area contributed by atoms with Gasteiger partial charge in [-0.25, -0.2) is 0 Å². The maximum absolute atomic E-state index is 3.90. The Bertz CT molecular complexity index is 2400. The van der Waals surface area contributed by atoms with Crippen molar-refractivity contribution < 1.29 is 0 Å². The third-order valence-corrected chi connectivity index (χ3v) is 10.9. The predicted octanol–water partition coefficient (Wildman–Crippen LogP) is 12.1. The summed E-state index contributed by atoms with van der Waals surface area (Å²) in [4.78, 5) is 0. The highest BCUT2D eigenvalue weighted by Crippen LogP contribution is 2.63. The molecular weight excluding hydrogens is 652 g/mol. The molecular formula is C41H22Br2. The lowest BCUT2D eigenvalue weighted by molar-refractivity contribution is 0.775. The van der Waals surface area contributed by atoms with Gasteiger partial charge in [0.05, 0.1) is 5.41 Å². The predicted molar refractivity (Wildman–Crippen MR) is 187 cm³/mol. The molecule has 2 aliphatic rings. The SMILES string of the molecule is Brc1ccc2c(c1)C1(c3cc(Br)ccc3-c3ccccc3-2)c2ccccc2-c2c1cc1ccc3cccc4ccc2c1c34. The fraction of sp³-hybridized carbons (Fsp3) is 0.0244. The van der Waals surface area contributed by atoms with Crippen LogP contribution in [0.5, 0.6) is 0 Å². The van der Waals surface area contributed by atoms with E-state index < -0.39 is 5.41 Å². The zero-order valence-corrected chi connectivity index (χ0v) is 26.1. The van der Waals surface area contributed by atoms with Crippen molar-refractivity contribution >= 4 is 64.2 Å². The van der Waals surface area contributed by atoms with E-state index in [4.69, 9.17) is 0 Å². The Morgan fingerprint density at radius 2 is 0.953 bits per heavy atom. The maximum atomic E-state index is 3.90. The molecule has 0 amide bonds. The molecule has 0 aromatic heterocycles. The van der Waals surface area contributed by atoms with E-state index in [1.165, 1.54) is 88.0 Å². The Hall–Kier alpha value is -4.24. The molecule has 8 aromatic carbocycles. The molecule has 2 aliphatic carbocycles. The van der Waals surface area contributed by atoms with Crippen LogP contribution in [0, 0.1) is 0 Å². The van der Waals surface area contributed by atoms with Crippen LogP contribution < -0.4 is 0 Å². The van der Waals surface area contributed by atoms with E-state index in [0.29, 0.717) is 0 Å². The van der Waals surface area contributed by atoms with E-state index in [-0.39, 0.29) is 0 Å². The van der Waals surface area contributed by atoms with E-state index in [0.717, 1.165) is 8.95 Å². The summed E-state index contributed by atoms with van der Waals surface area (Å²) in [6, 6.07) is 50.3. The van der Waals surface area contributed by atoms with Crippen LogP contribution in [0.3, 0.4) is 0 Å². The van der Waals surface area contributed by atoms with Crippen LogP contribution in [0.1, 0.15) is 22.3 Å². The molecule has 0 bridgehead atoms. The minimum Gasteiger partial charge on any atom is -0.0619 e. The summed E-state index contributed by atoms with van der Waals surface area (Å²) in [6.45, 7) is 0. The number of hydrogen-bond donors (Lipinski definition) is 0. The van der Waals surface area contributed by atoms with Crippen molar-refractivity contribution in [2.45, 2.75) is 5.41 Å². The monoisotopic (exact) mass is 672 g/mol. The minimum absolute atomic E-state index is 0.520. The van der Waals surface area contributed by atoms with Crippen LogP contribution in [0.15, 0.2) is 142 Å². The van der Waals surface area contributed by atoms with Gasteiger partial charge in [0.15, 0.2) is 0 Å².